The number of nitrogens with zero attached hydrogens (tertiary/aromatic N) is 1. The highest BCUT2D eigenvalue weighted by molar-refractivity contribution is 7.11. The highest BCUT2D eigenvalue weighted by Gasteiger charge is 2.11. The monoisotopic (exact) mass is 254 g/mol. The molecule has 0 radical (unpaired) electrons. The fourth-order valence-corrected chi connectivity index (χ4v) is 2.58. The summed E-state index contributed by atoms with van der Waals surface area (Å²) < 4.78 is 0. The first-order valence-electron chi connectivity index (χ1n) is 5.65. The predicted molar refractivity (Wildman–Crippen MR) is 76.8 cm³/mol. The lowest BCUT2D eigenvalue weighted by Crippen LogP contribution is -2.03. The topological polar surface area (TPSA) is 49.8 Å². The van der Waals surface area contributed by atoms with Gasteiger partial charge >= 0.3 is 0 Å². The molecule has 18 heavy (non-hydrogen) atoms. The van der Waals surface area contributed by atoms with Crippen LogP contribution in [-0.4, -0.2) is 0 Å². The maximum Gasteiger partial charge on any atom is 0.103 e. The molecule has 90 valence electrons. The minimum Gasteiger partial charge on any atom is -0.397 e. The molecule has 0 aliphatic heterocycles. The summed E-state index contributed by atoms with van der Waals surface area (Å²) >= 11 is 1.53. The van der Waals surface area contributed by atoms with E-state index in [1.165, 1.54) is 16.9 Å². The van der Waals surface area contributed by atoms with Gasteiger partial charge in [0.1, 0.15) is 6.07 Å². The molecular formula is C15H14N2S. The van der Waals surface area contributed by atoms with Crippen LogP contribution in [-0.2, 0) is 0 Å². The second kappa shape index (κ2) is 5.07. The van der Waals surface area contributed by atoms with E-state index in [-0.39, 0.29) is 0 Å². The van der Waals surface area contributed by atoms with Gasteiger partial charge in [-0.25, -0.2) is 0 Å². The van der Waals surface area contributed by atoms with Gasteiger partial charge in [0.25, 0.3) is 0 Å². The van der Waals surface area contributed by atoms with Gasteiger partial charge in [0, 0.05) is 10.4 Å². The second-order valence-corrected chi connectivity index (χ2v) is 5.07. The van der Waals surface area contributed by atoms with Crippen LogP contribution in [0.2, 0.25) is 0 Å². The van der Waals surface area contributed by atoms with Crippen LogP contribution in [0.15, 0.2) is 35.7 Å². The van der Waals surface area contributed by atoms with E-state index >= 15 is 0 Å². The Morgan fingerprint density at radius 1 is 1.22 bits per heavy atom. The van der Waals surface area contributed by atoms with Crippen LogP contribution in [0.1, 0.15) is 21.6 Å². The summed E-state index contributed by atoms with van der Waals surface area (Å²) in [5.41, 5.74) is 10.5. The Kier molecular flexibility index (Phi) is 3.50. The standard InChI is InChI=1S/C15H14N2S/c1-10-5-3-6-12(11(10)2)15(17)13(9-16)14-7-4-8-18-14/h3-8H,17H2,1-2H3/b15-13+. The first kappa shape index (κ1) is 12.4. The molecule has 0 atom stereocenters. The molecule has 3 heteroatoms. The lowest BCUT2D eigenvalue weighted by atomic mass is 9.98. The quantitative estimate of drug-likeness (QED) is 0.830. The molecular weight excluding hydrogens is 240 g/mol. The predicted octanol–water partition coefficient (Wildman–Crippen LogP) is 3.72. The van der Waals surface area contributed by atoms with E-state index in [2.05, 4.69) is 6.07 Å². The number of thiophene rings is 1. The van der Waals surface area contributed by atoms with Crippen LogP contribution in [0.4, 0.5) is 0 Å². The van der Waals surface area contributed by atoms with Gasteiger partial charge in [-0.15, -0.1) is 11.3 Å². The SMILES string of the molecule is Cc1cccc(/C(N)=C(/C#N)c2cccs2)c1C. The lowest BCUT2D eigenvalue weighted by Gasteiger charge is -2.10. The van der Waals surface area contributed by atoms with Gasteiger partial charge in [0.2, 0.25) is 0 Å². The maximum absolute atomic E-state index is 9.31. The third kappa shape index (κ3) is 2.15. The Balaban J connectivity index is 2.62. The summed E-state index contributed by atoms with van der Waals surface area (Å²) in [5.74, 6) is 0. The number of hydrogen-bond acceptors (Lipinski definition) is 3. The van der Waals surface area contributed by atoms with Crippen molar-refractivity contribution < 1.29 is 0 Å². The third-order valence-electron chi connectivity index (χ3n) is 3.04. The molecule has 0 amide bonds. The van der Waals surface area contributed by atoms with Crippen molar-refractivity contribution >= 4 is 22.6 Å². The summed E-state index contributed by atoms with van der Waals surface area (Å²) in [7, 11) is 0. The van der Waals surface area contributed by atoms with Gasteiger partial charge < -0.3 is 5.73 Å². The Hall–Kier alpha value is -2.05. The van der Waals surface area contributed by atoms with Crippen molar-refractivity contribution in [3.63, 3.8) is 0 Å². The van der Waals surface area contributed by atoms with Crippen molar-refractivity contribution in [2.45, 2.75) is 13.8 Å². The van der Waals surface area contributed by atoms with Gasteiger partial charge in [-0.2, -0.15) is 5.26 Å². The molecule has 0 saturated carbocycles. The van der Waals surface area contributed by atoms with Crippen molar-refractivity contribution in [2.24, 2.45) is 5.73 Å². The Morgan fingerprint density at radius 3 is 2.61 bits per heavy atom. The minimum atomic E-state index is 0.554. The maximum atomic E-state index is 9.31. The average molecular weight is 254 g/mol. The van der Waals surface area contributed by atoms with Crippen LogP contribution < -0.4 is 5.73 Å². The van der Waals surface area contributed by atoms with E-state index in [4.69, 9.17) is 5.73 Å². The van der Waals surface area contributed by atoms with E-state index < -0.39 is 0 Å². The Morgan fingerprint density at radius 2 is 2.00 bits per heavy atom. The molecule has 2 nitrogen and oxygen atoms in total. The van der Waals surface area contributed by atoms with Gasteiger partial charge in [-0.05, 0) is 36.4 Å². The molecule has 1 heterocycles. The summed E-state index contributed by atoms with van der Waals surface area (Å²) in [4.78, 5) is 0.913. The number of benzene rings is 1. The zero-order valence-corrected chi connectivity index (χ0v) is 11.2. The molecule has 2 N–H and O–H groups in total. The number of nitriles is 1. The minimum absolute atomic E-state index is 0.554. The molecule has 0 unspecified atom stereocenters. The van der Waals surface area contributed by atoms with Crippen molar-refractivity contribution in [1.82, 2.24) is 0 Å². The van der Waals surface area contributed by atoms with Gasteiger partial charge in [-0.3, -0.25) is 0 Å². The van der Waals surface area contributed by atoms with Crippen molar-refractivity contribution in [2.75, 3.05) is 0 Å². The van der Waals surface area contributed by atoms with Crippen LogP contribution in [0.25, 0.3) is 11.3 Å². The lowest BCUT2D eigenvalue weighted by molar-refractivity contribution is 1.30. The van der Waals surface area contributed by atoms with E-state index in [0.29, 0.717) is 11.3 Å². The van der Waals surface area contributed by atoms with Crippen LogP contribution in [0, 0.1) is 25.2 Å². The molecule has 0 aliphatic carbocycles. The molecule has 0 spiro atoms. The smallest absolute Gasteiger partial charge is 0.103 e. The van der Waals surface area contributed by atoms with Crippen molar-refractivity contribution in [3.8, 4) is 6.07 Å². The summed E-state index contributed by atoms with van der Waals surface area (Å²) in [6, 6.07) is 12.0. The Bertz CT molecular complexity index is 631. The van der Waals surface area contributed by atoms with E-state index in [1.54, 1.807) is 0 Å². The van der Waals surface area contributed by atoms with Crippen molar-refractivity contribution in [3.05, 3.63) is 57.3 Å². The average Bonchev–Trinajstić information content (AvgIpc) is 2.87. The molecule has 1 aromatic heterocycles. The fraction of sp³-hybridized carbons (Fsp3) is 0.133. The molecule has 0 bridgehead atoms. The first-order chi connectivity index (χ1) is 8.65. The first-order valence-corrected chi connectivity index (χ1v) is 6.53. The van der Waals surface area contributed by atoms with Crippen molar-refractivity contribution in [1.29, 1.82) is 5.26 Å². The van der Waals surface area contributed by atoms with Crippen LogP contribution >= 0.6 is 11.3 Å². The van der Waals surface area contributed by atoms with E-state index in [1.807, 2.05) is 49.6 Å². The van der Waals surface area contributed by atoms with E-state index in [0.717, 1.165) is 16.0 Å². The second-order valence-electron chi connectivity index (χ2n) is 4.13. The van der Waals surface area contributed by atoms with Gasteiger partial charge in [0.05, 0.1) is 11.3 Å². The Labute approximate surface area is 111 Å². The number of allylic oxidation sites excluding steroid dienone is 1. The molecule has 0 saturated heterocycles. The molecule has 1 aromatic carbocycles. The highest BCUT2D eigenvalue weighted by atomic mass is 32.1. The summed E-state index contributed by atoms with van der Waals surface area (Å²) in [6.07, 6.45) is 0. The number of rotatable bonds is 2. The summed E-state index contributed by atoms with van der Waals surface area (Å²) in [6.45, 7) is 4.07. The van der Waals surface area contributed by atoms with Crippen LogP contribution in [0.5, 0.6) is 0 Å². The third-order valence-corrected chi connectivity index (χ3v) is 3.93. The number of hydrogen-bond donors (Lipinski definition) is 1. The zero-order valence-electron chi connectivity index (χ0n) is 10.4. The van der Waals surface area contributed by atoms with Gasteiger partial charge in [-0.1, -0.05) is 24.3 Å². The number of nitrogens with two attached hydrogens (primary N) is 1. The molecule has 0 aliphatic rings. The zero-order chi connectivity index (χ0) is 13.1. The number of aryl methyl sites for hydroxylation is 1. The largest absolute Gasteiger partial charge is 0.397 e. The molecule has 2 aromatic rings. The normalized spacial score (nSPS) is 11.8. The molecule has 0 fully saturated rings. The highest BCUT2D eigenvalue weighted by Crippen LogP contribution is 2.28. The van der Waals surface area contributed by atoms with Crippen LogP contribution in [0.3, 0.4) is 0 Å². The molecule has 2 rings (SSSR count). The fourth-order valence-electron chi connectivity index (χ4n) is 1.85. The summed E-state index contributed by atoms with van der Waals surface area (Å²) in [5, 5.41) is 11.3. The van der Waals surface area contributed by atoms with E-state index in [9.17, 15) is 5.26 Å². The van der Waals surface area contributed by atoms with Gasteiger partial charge in [0.15, 0.2) is 0 Å².